The van der Waals surface area contributed by atoms with Crippen LogP contribution in [0.15, 0.2) is 0 Å². The molecule has 0 aromatic heterocycles. The normalized spacial score (nSPS) is 11.1. The van der Waals surface area contributed by atoms with E-state index in [4.69, 9.17) is 4.74 Å². The minimum Gasteiger partial charge on any atom is -0.450 e. The number of carbonyl (C=O) groups excluding carboxylic acids is 1. The first-order valence-corrected chi connectivity index (χ1v) is 6.68. The molecule has 1 amide bonds. The second kappa shape index (κ2) is 10.1. The number of rotatable bonds is 9. The van der Waals surface area contributed by atoms with Crippen molar-refractivity contribution >= 4 is 6.09 Å². The van der Waals surface area contributed by atoms with Crippen molar-refractivity contribution in [2.24, 2.45) is 0 Å². The Kier molecular flexibility index (Phi) is 9.69. The largest absolute Gasteiger partial charge is 0.450 e. The Labute approximate surface area is 112 Å². The lowest BCUT2D eigenvalue weighted by molar-refractivity contribution is 0.104. The van der Waals surface area contributed by atoms with E-state index in [1.807, 2.05) is 40.0 Å². The van der Waals surface area contributed by atoms with E-state index in [-0.39, 0.29) is 6.09 Å². The molecule has 0 bridgehead atoms. The molecule has 0 aromatic rings. The van der Waals surface area contributed by atoms with Gasteiger partial charge in [0.05, 0.1) is 6.61 Å². The average molecular weight is 259 g/mol. The van der Waals surface area contributed by atoms with E-state index in [0.29, 0.717) is 6.61 Å². The maximum absolute atomic E-state index is 11.8. The lowest BCUT2D eigenvalue weighted by Gasteiger charge is -2.23. The number of ether oxygens (including phenoxy) is 1. The molecular formula is C13H29N3O2. The van der Waals surface area contributed by atoms with Crippen LogP contribution in [-0.2, 0) is 4.74 Å². The third kappa shape index (κ3) is 9.24. The van der Waals surface area contributed by atoms with E-state index < -0.39 is 0 Å². The fourth-order valence-electron chi connectivity index (χ4n) is 1.66. The fourth-order valence-corrected chi connectivity index (χ4v) is 1.66. The van der Waals surface area contributed by atoms with E-state index >= 15 is 0 Å². The number of amides is 1. The zero-order valence-electron chi connectivity index (χ0n) is 12.6. The van der Waals surface area contributed by atoms with Gasteiger partial charge in [0.25, 0.3) is 0 Å². The highest BCUT2D eigenvalue weighted by Gasteiger charge is 2.13. The molecule has 0 aliphatic rings. The van der Waals surface area contributed by atoms with Crippen molar-refractivity contribution in [2.45, 2.75) is 19.8 Å². The summed E-state index contributed by atoms with van der Waals surface area (Å²) in [6.45, 7) is 5.80. The molecule has 0 radical (unpaired) electrons. The second-order valence-electron chi connectivity index (χ2n) is 5.00. The smallest absolute Gasteiger partial charge is 0.409 e. The van der Waals surface area contributed by atoms with Crippen LogP contribution >= 0.6 is 0 Å². The maximum atomic E-state index is 11.8. The van der Waals surface area contributed by atoms with Gasteiger partial charge in [0.1, 0.15) is 0 Å². The summed E-state index contributed by atoms with van der Waals surface area (Å²) in [6, 6.07) is 0. The van der Waals surface area contributed by atoms with Gasteiger partial charge in [-0.2, -0.15) is 0 Å². The van der Waals surface area contributed by atoms with Crippen molar-refractivity contribution < 1.29 is 9.53 Å². The standard InChI is InChI=1S/C13H29N3O2/c1-6-18-13(17)16(11-7-9-14(2)3)12-8-10-15(4)5/h6-12H2,1-5H3. The third-order valence-corrected chi connectivity index (χ3v) is 2.59. The van der Waals surface area contributed by atoms with Crippen molar-refractivity contribution in [1.82, 2.24) is 14.7 Å². The Bertz CT molecular complexity index is 206. The first kappa shape index (κ1) is 17.2. The number of carbonyl (C=O) groups is 1. The highest BCUT2D eigenvalue weighted by molar-refractivity contribution is 5.67. The molecule has 0 aliphatic carbocycles. The molecule has 0 fully saturated rings. The van der Waals surface area contributed by atoms with Gasteiger partial charge in [-0.15, -0.1) is 0 Å². The van der Waals surface area contributed by atoms with Gasteiger partial charge in [-0.25, -0.2) is 4.79 Å². The molecule has 0 heterocycles. The van der Waals surface area contributed by atoms with Crippen LogP contribution in [0.2, 0.25) is 0 Å². The number of nitrogens with zero attached hydrogens (tertiary/aromatic N) is 3. The summed E-state index contributed by atoms with van der Waals surface area (Å²) in [5.74, 6) is 0. The quantitative estimate of drug-likeness (QED) is 0.626. The van der Waals surface area contributed by atoms with Gasteiger partial charge in [0, 0.05) is 13.1 Å². The van der Waals surface area contributed by atoms with Gasteiger partial charge in [-0.3, -0.25) is 0 Å². The minimum atomic E-state index is -0.185. The summed E-state index contributed by atoms with van der Waals surface area (Å²) >= 11 is 0. The van der Waals surface area contributed by atoms with Gasteiger partial charge in [0.2, 0.25) is 0 Å². The Balaban J connectivity index is 4.03. The van der Waals surface area contributed by atoms with Gasteiger partial charge in [0.15, 0.2) is 0 Å². The van der Waals surface area contributed by atoms with Crippen LogP contribution in [0.25, 0.3) is 0 Å². The molecule has 0 aromatic carbocycles. The fraction of sp³-hybridized carbons (Fsp3) is 0.923. The molecule has 0 atom stereocenters. The summed E-state index contributed by atoms with van der Waals surface area (Å²) in [5, 5.41) is 0. The zero-order valence-corrected chi connectivity index (χ0v) is 12.6. The van der Waals surface area contributed by atoms with Gasteiger partial charge in [-0.05, 0) is 61.0 Å². The monoisotopic (exact) mass is 259 g/mol. The molecule has 0 aliphatic heterocycles. The summed E-state index contributed by atoms with van der Waals surface area (Å²) in [7, 11) is 8.17. The molecule has 18 heavy (non-hydrogen) atoms. The van der Waals surface area contributed by atoms with Crippen LogP contribution in [0.4, 0.5) is 4.79 Å². The summed E-state index contributed by atoms with van der Waals surface area (Å²) < 4.78 is 5.08. The molecular weight excluding hydrogens is 230 g/mol. The Hall–Kier alpha value is -0.810. The predicted octanol–water partition coefficient (Wildman–Crippen LogP) is 1.35. The zero-order chi connectivity index (χ0) is 14.0. The van der Waals surface area contributed by atoms with Crippen LogP contribution in [0.5, 0.6) is 0 Å². The van der Waals surface area contributed by atoms with Crippen molar-refractivity contribution in [3.8, 4) is 0 Å². The van der Waals surface area contributed by atoms with Gasteiger partial charge < -0.3 is 19.4 Å². The Morgan fingerprint density at radius 3 is 1.67 bits per heavy atom. The van der Waals surface area contributed by atoms with E-state index in [2.05, 4.69) is 9.80 Å². The molecule has 5 heteroatoms. The summed E-state index contributed by atoms with van der Waals surface area (Å²) in [5.41, 5.74) is 0. The summed E-state index contributed by atoms with van der Waals surface area (Å²) in [4.78, 5) is 17.8. The molecule has 0 unspecified atom stereocenters. The van der Waals surface area contributed by atoms with Crippen molar-refractivity contribution in [3.63, 3.8) is 0 Å². The first-order chi connectivity index (χ1) is 8.47. The molecule has 0 rings (SSSR count). The SMILES string of the molecule is CCOC(=O)N(CCCN(C)C)CCCN(C)C. The van der Waals surface area contributed by atoms with Crippen LogP contribution in [-0.4, -0.2) is 81.8 Å². The van der Waals surface area contributed by atoms with Gasteiger partial charge >= 0.3 is 6.09 Å². The lowest BCUT2D eigenvalue weighted by atomic mass is 10.3. The maximum Gasteiger partial charge on any atom is 0.409 e. The average Bonchev–Trinajstić information content (AvgIpc) is 2.26. The minimum absolute atomic E-state index is 0.185. The van der Waals surface area contributed by atoms with E-state index in [9.17, 15) is 4.79 Å². The highest BCUT2D eigenvalue weighted by atomic mass is 16.6. The molecule has 0 N–H and O–H groups in total. The number of hydrogen-bond donors (Lipinski definition) is 0. The molecule has 0 saturated carbocycles. The van der Waals surface area contributed by atoms with Crippen molar-refractivity contribution in [1.29, 1.82) is 0 Å². The van der Waals surface area contributed by atoms with E-state index in [1.165, 1.54) is 0 Å². The van der Waals surface area contributed by atoms with E-state index in [0.717, 1.165) is 39.0 Å². The molecule has 5 nitrogen and oxygen atoms in total. The topological polar surface area (TPSA) is 36.0 Å². The first-order valence-electron chi connectivity index (χ1n) is 6.68. The molecule has 0 spiro atoms. The van der Waals surface area contributed by atoms with Crippen LogP contribution < -0.4 is 0 Å². The molecule has 0 saturated heterocycles. The second-order valence-corrected chi connectivity index (χ2v) is 5.00. The van der Waals surface area contributed by atoms with Crippen LogP contribution in [0, 0.1) is 0 Å². The summed E-state index contributed by atoms with van der Waals surface area (Å²) in [6.07, 6.45) is 1.77. The van der Waals surface area contributed by atoms with Gasteiger partial charge in [-0.1, -0.05) is 0 Å². The van der Waals surface area contributed by atoms with Crippen molar-refractivity contribution in [3.05, 3.63) is 0 Å². The third-order valence-electron chi connectivity index (χ3n) is 2.59. The van der Waals surface area contributed by atoms with Crippen LogP contribution in [0.3, 0.4) is 0 Å². The Morgan fingerprint density at radius 1 is 0.889 bits per heavy atom. The van der Waals surface area contributed by atoms with Crippen LogP contribution in [0.1, 0.15) is 19.8 Å². The predicted molar refractivity (Wildman–Crippen MR) is 74.9 cm³/mol. The molecule has 108 valence electrons. The Morgan fingerprint density at radius 2 is 1.33 bits per heavy atom. The van der Waals surface area contributed by atoms with E-state index in [1.54, 1.807) is 0 Å². The number of hydrogen-bond acceptors (Lipinski definition) is 4. The lowest BCUT2D eigenvalue weighted by Crippen LogP contribution is -2.35. The highest BCUT2D eigenvalue weighted by Crippen LogP contribution is 2.00. The van der Waals surface area contributed by atoms with Crippen molar-refractivity contribution in [2.75, 3.05) is 61.0 Å².